The fourth-order valence-corrected chi connectivity index (χ4v) is 3.53. The van der Waals surface area contributed by atoms with E-state index in [1.165, 1.54) is 0 Å². The summed E-state index contributed by atoms with van der Waals surface area (Å²) in [5.74, 6) is 1.51. The van der Waals surface area contributed by atoms with Crippen LogP contribution in [0.2, 0.25) is 0 Å². The first kappa shape index (κ1) is 21.9. The van der Waals surface area contributed by atoms with Gasteiger partial charge >= 0.3 is 0 Å². The number of hydrogen-bond donors (Lipinski definition) is 2. The minimum absolute atomic E-state index is 0.242. The molecule has 0 saturated heterocycles. The molecule has 0 spiro atoms. The van der Waals surface area contributed by atoms with E-state index in [9.17, 15) is 4.79 Å². The summed E-state index contributed by atoms with van der Waals surface area (Å²) in [6.45, 7) is 0.366. The molecule has 0 radical (unpaired) electrons. The molecule has 0 unspecified atom stereocenters. The SMILES string of the molecule is COc1ccc(/C=C/c2n[nH]c3ccc(C(=O)NCc4cccnc4)c(OC)c23)cc1OC. The fourth-order valence-electron chi connectivity index (χ4n) is 3.53. The largest absolute Gasteiger partial charge is 0.495 e. The Labute approximate surface area is 191 Å². The van der Waals surface area contributed by atoms with Crippen LogP contribution in [0.3, 0.4) is 0 Å². The highest BCUT2D eigenvalue weighted by Crippen LogP contribution is 2.33. The Morgan fingerprint density at radius 2 is 1.88 bits per heavy atom. The first-order valence-electron chi connectivity index (χ1n) is 10.3. The molecular weight excluding hydrogens is 420 g/mol. The molecule has 0 aliphatic carbocycles. The molecule has 0 saturated carbocycles. The number of benzene rings is 2. The number of ether oxygens (including phenoxy) is 3. The summed E-state index contributed by atoms with van der Waals surface area (Å²) in [5, 5.41) is 11.0. The fraction of sp³-hybridized carbons (Fsp3) is 0.160. The van der Waals surface area contributed by atoms with Crippen LogP contribution in [0.15, 0.2) is 54.9 Å². The van der Waals surface area contributed by atoms with E-state index >= 15 is 0 Å². The Kier molecular flexibility index (Phi) is 6.54. The van der Waals surface area contributed by atoms with Gasteiger partial charge in [0.05, 0.1) is 43.5 Å². The van der Waals surface area contributed by atoms with Crippen molar-refractivity contribution >= 4 is 29.0 Å². The van der Waals surface area contributed by atoms with E-state index in [0.717, 1.165) is 22.0 Å². The van der Waals surface area contributed by atoms with Crippen molar-refractivity contribution in [3.05, 3.63) is 77.2 Å². The van der Waals surface area contributed by atoms with Gasteiger partial charge in [0.15, 0.2) is 11.5 Å². The Bertz CT molecular complexity index is 1300. The summed E-state index contributed by atoms with van der Waals surface area (Å²) in [5.41, 5.74) is 3.66. The number of amides is 1. The molecule has 8 heteroatoms. The van der Waals surface area contributed by atoms with Crippen LogP contribution in [0.1, 0.15) is 27.2 Å². The number of methoxy groups -OCH3 is 3. The zero-order valence-corrected chi connectivity index (χ0v) is 18.6. The summed E-state index contributed by atoms with van der Waals surface area (Å²) in [7, 11) is 4.74. The molecule has 0 atom stereocenters. The van der Waals surface area contributed by atoms with Crippen molar-refractivity contribution < 1.29 is 19.0 Å². The van der Waals surface area contributed by atoms with Crippen LogP contribution in [0.4, 0.5) is 0 Å². The molecule has 168 valence electrons. The van der Waals surface area contributed by atoms with Crippen LogP contribution in [-0.2, 0) is 6.54 Å². The summed E-state index contributed by atoms with van der Waals surface area (Å²) in [4.78, 5) is 17.0. The maximum Gasteiger partial charge on any atom is 0.255 e. The molecule has 4 aromatic rings. The van der Waals surface area contributed by atoms with E-state index < -0.39 is 0 Å². The molecule has 8 nitrogen and oxygen atoms in total. The monoisotopic (exact) mass is 444 g/mol. The van der Waals surface area contributed by atoms with E-state index in [-0.39, 0.29) is 5.91 Å². The van der Waals surface area contributed by atoms with Crippen molar-refractivity contribution in [2.75, 3.05) is 21.3 Å². The molecule has 4 rings (SSSR count). The predicted octanol–water partition coefficient (Wildman–Crippen LogP) is 4.08. The molecule has 2 aromatic heterocycles. The minimum Gasteiger partial charge on any atom is -0.495 e. The number of aromatic nitrogens is 3. The first-order valence-corrected chi connectivity index (χ1v) is 10.3. The average molecular weight is 444 g/mol. The van der Waals surface area contributed by atoms with E-state index in [1.54, 1.807) is 39.8 Å². The van der Waals surface area contributed by atoms with Gasteiger partial charge in [-0.3, -0.25) is 14.9 Å². The number of hydrogen-bond acceptors (Lipinski definition) is 6. The van der Waals surface area contributed by atoms with Gasteiger partial charge < -0.3 is 19.5 Å². The molecule has 33 heavy (non-hydrogen) atoms. The number of carbonyl (C=O) groups is 1. The lowest BCUT2D eigenvalue weighted by Crippen LogP contribution is -2.23. The smallest absolute Gasteiger partial charge is 0.255 e. The quantitative estimate of drug-likeness (QED) is 0.425. The molecule has 0 aliphatic rings. The van der Waals surface area contributed by atoms with Gasteiger partial charge in [0.2, 0.25) is 0 Å². The van der Waals surface area contributed by atoms with E-state index in [1.807, 2.05) is 48.6 Å². The van der Waals surface area contributed by atoms with Crippen molar-refractivity contribution in [1.29, 1.82) is 0 Å². The van der Waals surface area contributed by atoms with Gasteiger partial charge in [-0.1, -0.05) is 18.2 Å². The summed E-state index contributed by atoms with van der Waals surface area (Å²) < 4.78 is 16.3. The van der Waals surface area contributed by atoms with Crippen molar-refractivity contribution in [3.63, 3.8) is 0 Å². The van der Waals surface area contributed by atoms with Crippen LogP contribution in [0, 0.1) is 0 Å². The summed E-state index contributed by atoms with van der Waals surface area (Å²) in [6.07, 6.45) is 7.18. The van der Waals surface area contributed by atoms with Gasteiger partial charge in [-0.05, 0) is 47.5 Å². The standard InChI is InChI=1S/C25H24N4O4/c1-31-21-11-7-16(13-22(21)32-2)6-9-19-23-20(29-28-19)10-8-18(24(23)33-3)25(30)27-15-17-5-4-12-26-14-17/h4-14H,15H2,1-3H3,(H,27,30)(H,28,29)/b9-6+. The number of carbonyl (C=O) groups excluding carboxylic acids is 1. The number of rotatable bonds is 8. The maximum absolute atomic E-state index is 12.9. The van der Waals surface area contributed by atoms with Gasteiger partial charge in [0, 0.05) is 18.9 Å². The predicted molar refractivity (Wildman–Crippen MR) is 127 cm³/mol. The van der Waals surface area contributed by atoms with E-state index in [4.69, 9.17) is 14.2 Å². The average Bonchev–Trinajstić information content (AvgIpc) is 3.29. The lowest BCUT2D eigenvalue weighted by atomic mass is 10.1. The Morgan fingerprint density at radius 3 is 2.61 bits per heavy atom. The molecule has 0 fully saturated rings. The number of pyridine rings is 1. The number of aromatic amines is 1. The van der Waals surface area contributed by atoms with Gasteiger partial charge in [0.1, 0.15) is 5.75 Å². The lowest BCUT2D eigenvalue weighted by Gasteiger charge is -2.11. The Balaban J connectivity index is 1.64. The zero-order chi connectivity index (χ0) is 23.2. The van der Waals surface area contributed by atoms with Crippen molar-refractivity contribution in [3.8, 4) is 17.2 Å². The van der Waals surface area contributed by atoms with E-state index in [2.05, 4.69) is 20.5 Å². The number of nitrogens with zero attached hydrogens (tertiary/aromatic N) is 2. The molecule has 2 aromatic carbocycles. The third-order valence-corrected chi connectivity index (χ3v) is 5.18. The molecule has 0 aliphatic heterocycles. The maximum atomic E-state index is 12.9. The van der Waals surface area contributed by atoms with Crippen LogP contribution in [0.25, 0.3) is 23.1 Å². The Hall–Kier alpha value is -4.33. The van der Waals surface area contributed by atoms with Gasteiger partial charge in [0.25, 0.3) is 5.91 Å². The van der Waals surface area contributed by atoms with Crippen LogP contribution in [0.5, 0.6) is 17.2 Å². The summed E-state index contributed by atoms with van der Waals surface area (Å²) in [6, 6.07) is 12.9. The molecular formula is C25H24N4O4. The number of H-pyrrole nitrogens is 1. The van der Waals surface area contributed by atoms with Gasteiger partial charge in [-0.25, -0.2) is 0 Å². The lowest BCUT2D eigenvalue weighted by molar-refractivity contribution is 0.0948. The Morgan fingerprint density at radius 1 is 1.03 bits per heavy atom. The zero-order valence-electron chi connectivity index (χ0n) is 18.6. The van der Waals surface area contributed by atoms with Crippen LogP contribution >= 0.6 is 0 Å². The third-order valence-electron chi connectivity index (χ3n) is 5.18. The van der Waals surface area contributed by atoms with Gasteiger partial charge in [-0.2, -0.15) is 5.10 Å². The third kappa shape index (κ3) is 4.64. The molecule has 2 heterocycles. The molecule has 0 bridgehead atoms. The second-order valence-corrected chi connectivity index (χ2v) is 7.17. The second-order valence-electron chi connectivity index (χ2n) is 7.17. The van der Waals surface area contributed by atoms with Crippen LogP contribution in [-0.4, -0.2) is 42.4 Å². The van der Waals surface area contributed by atoms with Crippen LogP contribution < -0.4 is 19.5 Å². The molecule has 2 N–H and O–H groups in total. The topological polar surface area (TPSA) is 98.4 Å². The van der Waals surface area contributed by atoms with E-state index in [0.29, 0.717) is 35.1 Å². The minimum atomic E-state index is -0.242. The molecule has 1 amide bonds. The number of nitrogens with one attached hydrogen (secondary N) is 2. The normalized spacial score (nSPS) is 11.0. The summed E-state index contributed by atoms with van der Waals surface area (Å²) >= 11 is 0. The first-order chi connectivity index (χ1) is 16.1. The highest BCUT2D eigenvalue weighted by Gasteiger charge is 2.18. The number of fused-ring (bicyclic) bond motifs is 1. The highest BCUT2D eigenvalue weighted by molar-refractivity contribution is 6.05. The highest BCUT2D eigenvalue weighted by atomic mass is 16.5. The second kappa shape index (κ2) is 9.86. The van der Waals surface area contributed by atoms with Crippen molar-refractivity contribution in [2.24, 2.45) is 0 Å². The van der Waals surface area contributed by atoms with Gasteiger partial charge in [-0.15, -0.1) is 0 Å². The van der Waals surface area contributed by atoms with Crippen molar-refractivity contribution in [2.45, 2.75) is 6.54 Å². The van der Waals surface area contributed by atoms with Crippen molar-refractivity contribution in [1.82, 2.24) is 20.5 Å².